The van der Waals surface area contributed by atoms with Gasteiger partial charge in [-0.2, -0.15) is 5.10 Å². The van der Waals surface area contributed by atoms with Crippen molar-refractivity contribution in [2.24, 2.45) is 5.10 Å². The highest BCUT2D eigenvalue weighted by Crippen LogP contribution is 2.55. The monoisotopic (exact) mass is 314 g/mol. The first kappa shape index (κ1) is 13.0. The molecule has 1 aliphatic heterocycles. The van der Waals surface area contributed by atoms with Crippen LogP contribution in [0.1, 0.15) is 16.7 Å². The van der Waals surface area contributed by atoms with Gasteiger partial charge in [-0.3, -0.25) is 5.43 Å². The van der Waals surface area contributed by atoms with Crippen LogP contribution in [-0.2, 0) is 4.87 Å². The van der Waals surface area contributed by atoms with Crippen molar-refractivity contribution in [2.45, 2.75) is 4.87 Å². The van der Waals surface area contributed by atoms with Gasteiger partial charge in [-0.05, 0) is 11.1 Å². The number of hydrogen-bond acceptors (Lipinski definition) is 3. The number of nitrogens with zero attached hydrogens (tertiary/aromatic N) is 1. The Hall–Kier alpha value is -2.52. The molecule has 3 heteroatoms. The van der Waals surface area contributed by atoms with Crippen molar-refractivity contribution in [1.29, 1.82) is 0 Å². The van der Waals surface area contributed by atoms with Gasteiger partial charge in [0.1, 0.15) is 5.04 Å². The molecule has 0 amide bonds. The minimum Gasteiger partial charge on any atom is -0.284 e. The Kier molecular flexibility index (Phi) is 2.67. The zero-order valence-electron chi connectivity index (χ0n) is 12.4. The Morgan fingerprint density at radius 1 is 0.696 bits per heavy atom. The first-order chi connectivity index (χ1) is 11.4. The summed E-state index contributed by atoms with van der Waals surface area (Å²) in [6.07, 6.45) is 0. The molecule has 1 N–H and O–H groups in total. The van der Waals surface area contributed by atoms with E-state index >= 15 is 0 Å². The Morgan fingerprint density at radius 2 is 1.26 bits per heavy atom. The zero-order chi connectivity index (χ0) is 15.3. The Labute approximate surface area is 139 Å². The van der Waals surface area contributed by atoms with E-state index in [1.54, 1.807) is 11.8 Å². The molecule has 0 aromatic heterocycles. The van der Waals surface area contributed by atoms with Gasteiger partial charge < -0.3 is 0 Å². The third-order valence-electron chi connectivity index (χ3n) is 4.49. The van der Waals surface area contributed by atoms with E-state index in [1.165, 1.54) is 22.3 Å². The van der Waals surface area contributed by atoms with E-state index in [0.29, 0.717) is 0 Å². The molecule has 1 aliphatic carbocycles. The van der Waals surface area contributed by atoms with E-state index in [4.69, 9.17) is 0 Å². The molecule has 1 heterocycles. The molecule has 0 saturated carbocycles. The van der Waals surface area contributed by atoms with Crippen molar-refractivity contribution in [1.82, 2.24) is 5.43 Å². The van der Waals surface area contributed by atoms with Gasteiger partial charge in [-0.1, -0.05) is 90.6 Å². The number of rotatable bonds is 1. The Balaban J connectivity index is 1.67. The predicted octanol–water partition coefficient (Wildman–Crippen LogP) is 4.57. The SMILES string of the molecule is c1ccc(C2=NNC3(S2)c2ccccc2-c2ccccc23)cc1. The predicted molar refractivity (Wildman–Crippen MR) is 96.4 cm³/mol. The lowest BCUT2D eigenvalue weighted by molar-refractivity contribution is 0.613. The number of benzene rings is 3. The normalized spacial score (nSPS) is 16.6. The average molecular weight is 314 g/mol. The van der Waals surface area contributed by atoms with Crippen LogP contribution in [0.2, 0.25) is 0 Å². The van der Waals surface area contributed by atoms with E-state index in [2.05, 4.69) is 83.3 Å². The highest BCUT2D eigenvalue weighted by molar-refractivity contribution is 8.15. The first-order valence-corrected chi connectivity index (χ1v) is 8.49. The molecular formula is C20H14N2S. The summed E-state index contributed by atoms with van der Waals surface area (Å²) in [7, 11) is 0. The van der Waals surface area contributed by atoms with E-state index in [-0.39, 0.29) is 4.87 Å². The Morgan fingerprint density at radius 3 is 1.91 bits per heavy atom. The van der Waals surface area contributed by atoms with Crippen molar-refractivity contribution in [2.75, 3.05) is 0 Å². The molecule has 2 nitrogen and oxygen atoms in total. The van der Waals surface area contributed by atoms with Crippen LogP contribution >= 0.6 is 11.8 Å². The summed E-state index contributed by atoms with van der Waals surface area (Å²) in [5, 5.41) is 5.71. The van der Waals surface area contributed by atoms with Gasteiger partial charge >= 0.3 is 0 Å². The molecule has 0 fully saturated rings. The number of hydrazone groups is 1. The van der Waals surface area contributed by atoms with Crippen molar-refractivity contribution in [3.8, 4) is 11.1 Å². The van der Waals surface area contributed by atoms with Gasteiger partial charge in [0.2, 0.25) is 0 Å². The van der Waals surface area contributed by atoms with Crippen molar-refractivity contribution in [3.63, 3.8) is 0 Å². The molecule has 2 aliphatic rings. The quantitative estimate of drug-likeness (QED) is 0.712. The average Bonchev–Trinajstić information content (AvgIpc) is 3.19. The lowest BCUT2D eigenvalue weighted by Gasteiger charge is -2.25. The summed E-state index contributed by atoms with van der Waals surface area (Å²) < 4.78 is 0. The first-order valence-electron chi connectivity index (χ1n) is 7.67. The molecule has 3 aromatic carbocycles. The van der Waals surface area contributed by atoms with E-state index in [1.807, 2.05) is 6.07 Å². The minimum absolute atomic E-state index is 0.307. The second-order valence-electron chi connectivity index (χ2n) is 5.77. The maximum atomic E-state index is 4.67. The second kappa shape index (κ2) is 4.74. The van der Waals surface area contributed by atoms with Crippen LogP contribution in [0.3, 0.4) is 0 Å². The summed E-state index contributed by atoms with van der Waals surface area (Å²) in [6, 6.07) is 27.6. The molecule has 23 heavy (non-hydrogen) atoms. The summed E-state index contributed by atoms with van der Waals surface area (Å²) in [5.41, 5.74) is 9.78. The van der Waals surface area contributed by atoms with Gasteiger partial charge in [0.15, 0.2) is 4.87 Å². The molecule has 110 valence electrons. The largest absolute Gasteiger partial charge is 0.284 e. The summed E-state index contributed by atoms with van der Waals surface area (Å²) in [6.45, 7) is 0. The third kappa shape index (κ3) is 1.74. The lowest BCUT2D eigenvalue weighted by atomic mass is 10.1. The van der Waals surface area contributed by atoms with Crippen molar-refractivity contribution in [3.05, 3.63) is 95.6 Å². The number of thioether (sulfide) groups is 1. The molecule has 3 aromatic rings. The minimum atomic E-state index is -0.307. The van der Waals surface area contributed by atoms with E-state index in [9.17, 15) is 0 Å². The molecule has 0 saturated heterocycles. The molecule has 0 bridgehead atoms. The van der Waals surface area contributed by atoms with Crippen LogP contribution in [0.25, 0.3) is 11.1 Å². The van der Waals surface area contributed by atoms with Gasteiger partial charge in [0.25, 0.3) is 0 Å². The highest BCUT2D eigenvalue weighted by atomic mass is 32.2. The summed E-state index contributed by atoms with van der Waals surface area (Å²) in [5.74, 6) is 0. The molecule has 0 radical (unpaired) electrons. The molecule has 5 rings (SSSR count). The van der Waals surface area contributed by atoms with Gasteiger partial charge in [-0.15, -0.1) is 0 Å². The fourth-order valence-corrected chi connectivity index (χ4v) is 4.75. The lowest BCUT2D eigenvalue weighted by Crippen LogP contribution is -2.31. The van der Waals surface area contributed by atoms with Crippen LogP contribution in [0.4, 0.5) is 0 Å². The smallest absolute Gasteiger partial charge is 0.158 e. The van der Waals surface area contributed by atoms with Crippen LogP contribution in [0.5, 0.6) is 0 Å². The molecule has 1 spiro atoms. The standard InChI is InChI=1S/C20H14N2S/c1-2-8-14(9-3-1)19-21-22-20(23-19)17-12-6-4-10-15(17)16-11-5-7-13-18(16)20/h1-13,22H. The van der Waals surface area contributed by atoms with Crippen molar-refractivity contribution < 1.29 is 0 Å². The number of fused-ring (bicyclic) bond motifs is 5. The maximum absolute atomic E-state index is 4.67. The molecule has 0 unspecified atom stereocenters. The second-order valence-corrected chi connectivity index (χ2v) is 6.97. The van der Waals surface area contributed by atoms with E-state index in [0.717, 1.165) is 10.6 Å². The van der Waals surface area contributed by atoms with E-state index < -0.39 is 0 Å². The van der Waals surface area contributed by atoms with Crippen LogP contribution < -0.4 is 5.43 Å². The molecule has 0 atom stereocenters. The maximum Gasteiger partial charge on any atom is 0.158 e. The van der Waals surface area contributed by atoms with Crippen LogP contribution in [-0.4, -0.2) is 5.04 Å². The third-order valence-corrected chi connectivity index (χ3v) is 5.85. The van der Waals surface area contributed by atoms with Gasteiger partial charge in [0, 0.05) is 16.7 Å². The molecular weight excluding hydrogens is 300 g/mol. The summed E-state index contributed by atoms with van der Waals surface area (Å²) in [4.78, 5) is -0.307. The number of nitrogens with one attached hydrogen (secondary N) is 1. The topological polar surface area (TPSA) is 24.4 Å². The Bertz CT molecular complexity index is 886. The summed E-state index contributed by atoms with van der Waals surface area (Å²) >= 11 is 1.80. The van der Waals surface area contributed by atoms with Gasteiger partial charge in [-0.25, -0.2) is 0 Å². The fourth-order valence-electron chi connectivity index (χ4n) is 3.45. The van der Waals surface area contributed by atoms with Crippen molar-refractivity contribution >= 4 is 16.8 Å². The van der Waals surface area contributed by atoms with Crippen LogP contribution in [0, 0.1) is 0 Å². The zero-order valence-corrected chi connectivity index (χ0v) is 13.2. The van der Waals surface area contributed by atoms with Crippen LogP contribution in [0.15, 0.2) is 84.0 Å². The fraction of sp³-hybridized carbons (Fsp3) is 0.0500. The van der Waals surface area contributed by atoms with Gasteiger partial charge in [0.05, 0.1) is 0 Å². The highest BCUT2D eigenvalue weighted by Gasteiger charge is 2.47. The number of hydrogen-bond donors (Lipinski definition) is 1.